The van der Waals surface area contributed by atoms with Gasteiger partial charge in [0.25, 0.3) is 5.91 Å². The van der Waals surface area contributed by atoms with Crippen LogP contribution < -0.4 is 25.4 Å². The lowest BCUT2D eigenvalue weighted by molar-refractivity contribution is -0.122. The first-order valence-electron chi connectivity index (χ1n) is 12.5. The third-order valence-corrected chi connectivity index (χ3v) is 6.18. The number of anilines is 1. The van der Waals surface area contributed by atoms with E-state index < -0.39 is 18.2 Å². The molecule has 0 saturated heterocycles. The lowest BCUT2D eigenvalue weighted by Crippen LogP contribution is -2.50. The smallest absolute Gasteiger partial charge is 0.408 e. The van der Waals surface area contributed by atoms with Crippen LogP contribution in [0.3, 0.4) is 0 Å². The second-order valence-corrected chi connectivity index (χ2v) is 8.86. The summed E-state index contributed by atoms with van der Waals surface area (Å²) in [6.45, 7) is 1.31. The second-order valence-electron chi connectivity index (χ2n) is 8.86. The van der Waals surface area contributed by atoms with Crippen LogP contribution in [-0.4, -0.2) is 38.2 Å². The van der Waals surface area contributed by atoms with E-state index in [0.717, 1.165) is 30.4 Å². The quantitative estimate of drug-likeness (QED) is 0.393. The number of unbranched alkanes of at least 4 members (excludes halogenated alkanes) is 2. The third kappa shape index (κ3) is 6.80. The number of nitrogens with two attached hydrogens (primary N) is 1. The van der Waals surface area contributed by atoms with Gasteiger partial charge in [0.2, 0.25) is 0 Å². The van der Waals surface area contributed by atoms with E-state index in [1.165, 1.54) is 4.90 Å². The number of nitrogens with one attached hydrogen (secondary N) is 1. The predicted molar refractivity (Wildman–Crippen MR) is 142 cm³/mol. The van der Waals surface area contributed by atoms with Gasteiger partial charge in [-0.15, -0.1) is 0 Å². The number of hydrogen-bond acceptors (Lipinski definition) is 6. The van der Waals surface area contributed by atoms with E-state index in [1.54, 1.807) is 19.2 Å². The molecule has 4 rings (SSSR count). The first kappa shape index (κ1) is 26.0. The van der Waals surface area contributed by atoms with Gasteiger partial charge in [-0.1, -0.05) is 60.7 Å². The van der Waals surface area contributed by atoms with Crippen LogP contribution in [0.1, 0.15) is 36.5 Å². The van der Waals surface area contributed by atoms with E-state index in [4.69, 9.17) is 19.9 Å². The first-order valence-corrected chi connectivity index (χ1v) is 12.5. The summed E-state index contributed by atoms with van der Waals surface area (Å²) in [5.41, 5.74) is 7.72. The van der Waals surface area contributed by atoms with Crippen LogP contribution >= 0.6 is 0 Å². The molecule has 37 heavy (non-hydrogen) atoms. The largest absolute Gasteiger partial charge is 0.494 e. The molecule has 8 heteroatoms. The van der Waals surface area contributed by atoms with Gasteiger partial charge < -0.3 is 30.2 Å². The Bertz CT molecular complexity index is 1170. The number of rotatable bonds is 10. The summed E-state index contributed by atoms with van der Waals surface area (Å²) in [5, 5.41) is 2.74. The maximum atomic E-state index is 13.7. The Labute approximate surface area is 217 Å². The van der Waals surface area contributed by atoms with Crippen LogP contribution in [0.2, 0.25) is 0 Å². The van der Waals surface area contributed by atoms with Gasteiger partial charge in [0, 0.05) is 13.1 Å². The van der Waals surface area contributed by atoms with Crippen molar-refractivity contribution in [1.29, 1.82) is 0 Å². The van der Waals surface area contributed by atoms with Crippen molar-refractivity contribution >= 4 is 17.7 Å². The van der Waals surface area contributed by atoms with Crippen molar-refractivity contribution in [3.8, 4) is 11.5 Å². The van der Waals surface area contributed by atoms with E-state index in [9.17, 15) is 9.59 Å². The molecule has 3 aromatic rings. The van der Waals surface area contributed by atoms with Gasteiger partial charge in [0.05, 0.1) is 12.3 Å². The lowest BCUT2D eigenvalue weighted by atomic mass is 10.0. The monoisotopic (exact) mass is 503 g/mol. The van der Waals surface area contributed by atoms with Gasteiger partial charge in [0.15, 0.2) is 12.1 Å². The maximum Gasteiger partial charge on any atom is 0.408 e. The highest BCUT2D eigenvalue weighted by molar-refractivity contribution is 6.00. The number of fused-ring (bicyclic) bond motifs is 1. The number of alkyl carbamates (subject to hydrolysis) is 1. The van der Waals surface area contributed by atoms with E-state index in [0.29, 0.717) is 30.3 Å². The topological polar surface area (TPSA) is 103 Å². The molecule has 1 aliphatic heterocycles. The molecule has 2 atom stereocenters. The molecule has 194 valence electrons. The highest BCUT2D eigenvalue weighted by Gasteiger charge is 2.39. The summed E-state index contributed by atoms with van der Waals surface area (Å²) >= 11 is 0. The van der Waals surface area contributed by atoms with Crippen LogP contribution in [-0.2, 0) is 16.1 Å². The molecule has 0 aliphatic carbocycles. The molecule has 0 unspecified atom stereocenters. The number of hydrogen-bond donors (Lipinski definition) is 2. The van der Waals surface area contributed by atoms with Crippen LogP contribution in [0.4, 0.5) is 10.5 Å². The fourth-order valence-electron chi connectivity index (χ4n) is 4.16. The fourth-order valence-corrected chi connectivity index (χ4v) is 4.16. The van der Waals surface area contributed by atoms with Crippen molar-refractivity contribution in [1.82, 2.24) is 5.32 Å². The Balaban J connectivity index is 1.54. The minimum atomic E-state index is -1.01. The molecule has 0 fully saturated rings. The van der Waals surface area contributed by atoms with Gasteiger partial charge in [-0.3, -0.25) is 4.79 Å². The molecule has 8 nitrogen and oxygen atoms in total. The van der Waals surface area contributed by atoms with E-state index >= 15 is 0 Å². The average molecular weight is 504 g/mol. The molecule has 0 saturated carbocycles. The van der Waals surface area contributed by atoms with Crippen LogP contribution in [0, 0.1) is 0 Å². The molecule has 2 amide bonds. The average Bonchev–Trinajstić information content (AvgIpc) is 3.03. The van der Waals surface area contributed by atoms with E-state index in [1.807, 2.05) is 66.7 Å². The Morgan fingerprint density at radius 2 is 1.73 bits per heavy atom. The Morgan fingerprint density at radius 1 is 1.00 bits per heavy atom. The summed E-state index contributed by atoms with van der Waals surface area (Å²) in [6, 6.07) is 23.1. The number of carbonyl (C=O) groups excluding carboxylic acids is 2. The Kier molecular flexibility index (Phi) is 8.99. The minimum absolute atomic E-state index is 0.0898. The summed E-state index contributed by atoms with van der Waals surface area (Å²) in [5.74, 6) is 0.825. The SMILES string of the molecule is CN1C(=O)[C@@H](NC(=O)OCc2ccccc2)[C@@H](c2ccccc2)Oc2ccc(OCCCCCN)cc21. The van der Waals surface area contributed by atoms with Gasteiger partial charge in [-0.2, -0.15) is 0 Å². The lowest BCUT2D eigenvalue weighted by Gasteiger charge is -2.26. The Morgan fingerprint density at radius 3 is 2.46 bits per heavy atom. The van der Waals surface area contributed by atoms with E-state index in [2.05, 4.69) is 5.32 Å². The molecule has 0 bridgehead atoms. The van der Waals surface area contributed by atoms with Crippen molar-refractivity contribution in [3.63, 3.8) is 0 Å². The van der Waals surface area contributed by atoms with Crippen molar-refractivity contribution in [3.05, 3.63) is 90.0 Å². The van der Waals surface area contributed by atoms with Crippen LogP contribution in [0.25, 0.3) is 0 Å². The van der Waals surface area contributed by atoms with Gasteiger partial charge in [-0.25, -0.2) is 4.79 Å². The van der Waals surface area contributed by atoms with Crippen molar-refractivity contribution in [2.24, 2.45) is 5.73 Å². The fraction of sp³-hybridized carbons (Fsp3) is 0.310. The molecular weight excluding hydrogens is 470 g/mol. The van der Waals surface area contributed by atoms with Gasteiger partial charge in [-0.05, 0) is 49.1 Å². The second kappa shape index (κ2) is 12.8. The number of ether oxygens (including phenoxy) is 3. The number of amides is 2. The number of nitrogens with zero attached hydrogens (tertiary/aromatic N) is 1. The highest BCUT2D eigenvalue weighted by atomic mass is 16.5. The zero-order valence-electron chi connectivity index (χ0n) is 21.0. The number of likely N-dealkylation sites (N-methyl/N-ethyl adjacent to an activating group) is 1. The molecule has 3 N–H and O–H groups in total. The standard InChI is InChI=1S/C29H33N3O5/c1-32-24-19-23(35-18-10-4-9-17-30)15-16-25(24)37-27(22-13-7-3-8-14-22)26(28(32)33)31-29(34)36-20-21-11-5-2-6-12-21/h2-3,5-8,11-16,19,26-27H,4,9-10,17-18,20,30H2,1H3,(H,31,34)/t26-,27+/m0/s1. The zero-order valence-corrected chi connectivity index (χ0v) is 21.0. The molecule has 0 radical (unpaired) electrons. The van der Waals surface area contributed by atoms with Gasteiger partial charge in [0.1, 0.15) is 18.1 Å². The van der Waals surface area contributed by atoms with Crippen LogP contribution in [0.5, 0.6) is 11.5 Å². The summed E-state index contributed by atoms with van der Waals surface area (Å²) in [7, 11) is 1.66. The Hall–Kier alpha value is -4.04. The number of carbonyl (C=O) groups is 2. The summed E-state index contributed by atoms with van der Waals surface area (Å²) in [6.07, 6.45) is 1.39. The summed E-state index contributed by atoms with van der Waals surface area (Å²) < 4.78 is 17.7. The van der Waals surface area contributed by atoms with Crippen molar-refractivity contribution < 1.29 is 23.8 Å². The predicted octanol–water partition coefficient (Wildman–Crippen LogP) is 4.59. The molecule has 0 aromatic heterocycles. The van der Waals surface area contributed by atoms with Gasteiger partial charge >= 0.3 is 6.09 Å². The molecule has 0 spiro atoms. The summed E-state index contributed by atoms with van der Waals surface area (Å²) in [4.78, 5) is 27.9. The van der Waals surface area contributed by atoms with Crippen LogP contribution in [0.15, 0.2) is 78.9 Å². The van der Waals surface area contributed by atoms with E-state index in [-0.39, 0.29) is 12.5 Å². The minimum Gasteiger partial charge on any atom is -0.494 e. The first-order chi connectivity index (χ1) is 18.1. The van der Waals surface area contributed by atoms with Crippen molar-refractivity contribution in [2.45, 2.75) is 38.0 Å². The van der Waals surface area contributed by atoms with Crippen molar-refractivity contribution in [2.75, 3.05) is 25.1 Å². The zero-order chi connectivity index (χ0) is 26.0. The number of benzene rings is 3. The molecular formula is C29H33N3O5. The normalized spacial score (nSPS) is 16.8. The molecule has 1 aliphatic rings. The highest BCUT2D eigenvalue weighted by Crippen LogP contribution is 2.39. The third-order valence-electron chi connectivity index (χ3n) is 6.18. The maximum absolute atomic E-state index is 13.7. The molecule has 3 aromatic carbocycles. The molecule has 1 heterocycles.